The van der Waals surface area contributed by atoms with E-state index < -0.39 is 11.9 Å². The number of anilines is 2. The van der Waals surface area contributed by atoms with Crippen molar-refractivity contribution >= 4 is 62.5 Å². The van der Waals surface area contributed by atoms with Gasteiger partial charge in [-0.2, -0.15) is 4.99 Å². The Labute approximate surface area is 197 Å². The molecule has 1 aromatic heterocycles. The van der Waals surface area contributed by atoms with Gasteiger partial charge in [0.05, 0.1) is 23.0 Å². The van der Waals surface area contributed by atoms with Crippen LogP contribution >= 0.6 is 11.3 Å². The minimum absolute atomic E-state index is 0.153. The minimum atomic E-state index is -0.558. The molecule has 0 saturated carbocycles. The first-order valence-electron chi connectivity index (χ1n) is 10.3. The van der Waals surface area contributed by atoms with Crippen LogP contribution in [0.1, 0.15) is 30.1 Å². The van der Waals surface area contributed by atoms with Crippen molar-refractivity contribution in [2.45, 2.75) is 26.3 Å². The number of benzene rings is 2. The number of hydrogen-bond acceptors (Lipinski definition) is 7. The normalized spacial score (nSPS) is 14.1. The number of ether oxygens (including phenoxy) is 1. The lowest BCUT2D eigenvalue weighted by Crippen LogP contribution is -2.28. The Hall–Kier alpha value is -4.12. The number of nitrogens with zero attached hydrogens (tertiary/aromatic N) is 3. The maximum atomic E-state index is 12.9. The molecule has 2 heterocycles. The molecule has 34 heavy (non-hydrogen) atoms. The first kappa shape index (κ1) is 23.1. The summed E-state index contributed by atoms with van der Waals surface area (Å²) in [5.74, 6) is -1.84. The first-order valence-corrected chi connectivity index (χ1v) is 11.1. The molecule has 1 aliphatic heterocycles. The number of carbonyl (C=O) groups is 5. The maximum absolute atomic E-state index is 12.9. The molecule has 3 aromatic rings. The van der Waals surface area contributed by atoms with Crippen molar-refractivity contribution in [1.29, 1.82) is 0 Å². The van der Waals surface area contributed by atoms with Crippen molar-refractivity contribution in [1.82, 2.24) is 4.57 Å². The highest BCUT2D eigenvalue weighted by Crippen LogP contribution is 2.24. The summed E-state index contributed by atoms with van der Waals surface area (Å²) in [6.07, 6.45) is 0.343. The minimum Gasteiger partial charge on any atom is -0.468 e. The topological polar surface area (TPSA) is 127 Å². The lowest BCUT2D eigenvalue weighted by atomic mass is 10.2. The van der Waals surface area contributed by atoms with Gasteiger partial charge >= 0.3 is 5.97 Å². The molecule has 174 valence electrons. The standard InChI is InChI=1S/C23H20N4O6S/c1-13(28)24-15-5-8-17-18(11-15)34-23(26(17)12-21(31)33-2)25-22(32)14-3-6-16(7-4-14)27-19(29)9-10-20(27)30/h3-8,11H,9-10,12H2,1-2H3,(H,24,28). The summed E-state index contributed by atoms with van der Waals surface area (Å²) >= 11 is 1.18. The van der Waals surface area contributed by atoms with Crippen molar-refractivity contribution < 1.29 is 28.7 Å². The summed E-state index contributed by atoms with van der Waals surface area (Å²) in [6, 6.07) is 11.2. The molecule has 4 rings (SSSR count). The number of carbonyl (C=O) groups excluding carboxylic acids is 5. The van der Waals surface area contributed by atoms with Crippen LogP contribution in [0, 0.1) is 0 Å². The summed E-state index contributed by atoms with van der Waals surface area (Å²) in [4.78, 5) is 65.7. The maximum Gasteiger partial charge on any atom is 0.325 e. The fourth-order valence-electron chi connectivity index (χ4n) is 3.56. The molecule has 2 aromatic carbocycles. The van der Waals surface area contributed by atoms with Gasteiger partial charge in [-0.1, -0.05) is 11.3 Å². The van der Waals surface area contributed by atoms with Crippen molar-refractivity contribution in [3.8, 4) is 0 Å². The highest BCUT2D eigenvalue weighted by atomic mass is 32.1. The number of methoxy groups -OCH3 is 1. The van der Waals surface area contributed by atoms with Gasteiger partial charge in [-0.3, -0.25) is 28.9 Å². The quantitative estimate of drug-likeness (QED) is 0.441. The Bertz CT molecular complexity index is 1390. The van der Waals surface area contributed by atoms with Crippen LogP contribution in [0.3, 0.4) is 0 Å². The number of thiazole rings is 1. The second kappa shape index (κ2) is 9.40. The largest absolute Gasteiger partial charge is 0.468 e. The van der Waals surface area contributed by atoms with Crippen LogP contribution < -0.4 is 15.0 Å². The van der Waals surface area contributed by atoms with Crippen LogP contribution in [0.15, 0.2) is 47.5 Å². The van der Waals surface area contributed by atoms with Crippen LogP contribution in [0.5, 0.6) is 0 Å². The predicted octanol–water partition coefficient (Wildman–Crippen LogP) is 2.23. The Balaban J connectivity index is 1.70. The van der Waals surface area contributed by atoms with Gasteiger partial charge in [0.2, 0.25) is 17.7 Å². The zero-order valence-corrected chi connectivity index (χ0v) is 19.2. The van der Waals surface area contributed by atoms with Crippen LogP contribution in [0.2, 0.25) is 0 Å². The van der Waals surface area contributed by atoms with Crippen molar-refractivity contribution in [2.75, 3.05) is 17.3 Å². The first-order chi connectivity index (χ1) is 16.3. The van der Waals surface area contributed by atoms with Gasteiger partial charge in [0.15, 0.2) is 4.80 Å². The summed E-state index contributed by atoms with van der Waals surface area (Å²) in [6.45, 7) is 1.25. The van der Waals surface area contributed by atoms with Gasteiger partial charge in [0.1, 0.15) is 6.54 Å². The van der Waals surface area contributed by atoms with Gasteiger partial charge in [-0.25, -0.2) is 0 Å². The van der Waals surface area contributed by atoms with E-state index in [1.54, 1.807) is 22.8 Å². The Morgan fingerprint density at radius 2 is 1.74 bits per heavy atom. The summed E-state index contributed by atoms with van der Waals surface area (Å²) in [5, 5.41) is 2.70. The van der Waals surface area contributed by atoms with E-state index in [-0.39, 0.29) is 47.5 Å². The fraction of sp³-hybridized carbons (Fsp3) is 0.217. The molecule has 1 N–H and O–H groups in total. The molecule has 4 amide bonds. The molecule has 1 saturated heterocycles. The van der Waals surface area contributed by atoms with Gasteiger partial charge in [0, 0.05) is 31.0 Å². The molecule has 0 unspecified atom stereocenters. The summed E-state index contributed by atoms with van der Waals surface area (Å²) < 4.78 is 7.05. The summed E-state index contributed by atoms with van der Waals surface area (Å²) in [7, 11) is 1.27. The molecular formula is C23H20N4O6S. The van der Waals surface area contributed by atoms with Crippen molar-refractivity contribution in [3.05, 3.63) is 52.8 Å². The third-order valence-corrected chi connectivity index (χ3v) is 6.18. The number of amides is 4. The van der Waals surface area contributed by atoms with Crippen LogP contribution in [-0.2, 0) is 30.5 Å². The van der Waals surface area contributed by atoms with Gasteiger partial charge < -0.3 is 14.6 Å². The fourth-order valence-corrected chi connectivity index (χ4v) is 4.62. The highest BCUT2D eigenvalue weighted by Gasteiger charge is 2.30. The van der Waals surface area contributed by atoms with Crippen LogP contribution in [-0.4, -0.2) is 41.3 Å². The smallest absolute Gasteiger partial charge is 0.325 e. The SMILES string of the molecule is COC(=O)Cn1c(=NC(=O)c2ccc(N3C(=O)CCC3=O)cc2)sc2cc(NC(C)=O)ccc21. The molecule has 10 nitrogen and oxygen atoms in total. The van der Waals surface area contributed by atoms with E-state index >= 15 is 0 Å². The van der Waals surface area contributed by atoms with E-state index in [0.717, 1.165) is 4.90 Å². The number of fused-ring (bicyclic) bond motifs is 1. The second-order valence-corrected chi connectivity index (χ2v) is 8.51. The van der Waals surface area contributed by atoms with E-state index in [4.69, 9.17) is 4.74 Å². The Kier molecular flexibility index (Phi) is 6.37. The second-order valence-electron chi connectivity index (χ2n) is 7.50. The van der Waals surface area contributed by atoms with Gasteiger partial charge in [0.25, 0.3) is 5.91 Å². The zero-order chi connectivity index (χ0) is 24.4. The number of hydrogen-bond donors (Lipinski definition) is 1. The molecule has 1 aliphatic rings. The Morgan fingerprint density at radius 1 is 1.06 bits per heavy atom. The number of esters is 1. The van der Waals surface area contributed by atoms with Gasteiger partial charge in [-0.15, -0.1) is 0 Å². The average Bonchev–Trinajstić information content (AvgIpc) is 3.31. The number of nitrogens with one attached hydrogen (secondary N) is 1. The number of rotatable bonds is 5. The number of aromatic nitrogens is 1. The highest BCUT2D eigenvalue weighted by molar-refractivity contribution is 7.16. The Morgan fingerprint density at radius 3 is 2.35 bits per heavy atom. The van der Waals surface area contributed by atoms with Crippen LogP contribution in [0.4, 0.5) is 11.4 Å². The number of imide groups is 1. The predicted molar refractivity (Wildman–Crippen MR) is 124 cm³/mol. The van der Waals surface area contributed by atoms with Crippen molar-refractivity contribution in [3.63, 3.8) is 0 Å². The van der Waals surface area contributed by atoms with E-state index in [2.05, 4.69) is 10.3 Å². The van der Waals surface area contributed by atoms with Gasteiger partial charge in [-0.05, 0) is 42.5 Å². The van der Waals surface area contributed by atoms with E-state index in [1.807, 2.05) is 0 Å². The molecule has 0 bridgehead atoms. The molecular weight excluding hydrogens is 460 g/mol. The lowest BCUT2D eigenvalue weighted by Gasteiger charge is -2.13. The molecule has 1 fully saturated rings. The molecule has 0 aliphatic carbocycles. The summed E-state index contributed by atoms with van der Waals surface area (Å²) in [5.41, 5.74) is 1.88. The van der Waals surface area contributed by atoms with E-state index in [1.165, 1.54) is 49.6 Å². The molecule has 0 spiro atoms. The third-order valence-electron chi connectivity index (χ3n) is 5.14. The molecule has 11 heteroatoms. The zero-order valence-electron chi connectivity index (χ0n) is 18.4. The van der Waals surface area contributed by atoms with E-state index in [9.17, 15) is 24.0 Å². The third kappa shape index (κ3) is 4.64. The van der Waals surface area contributed by atoms with Crippen molar-refractivity contribution in [2.24, 2.45) is 4.99 Å². The monoisotopic (exact) mass is 480 g/mol. The van der Waals surface area contributed by atoms with Crippen LogP contribution in [0.25, 0.3) is 10.2 Å². The molecule has 0 atom stereocenters. The molecule has 0 radical (unpaired) electrons. The average molecular weight is 481 g/mol. The lowest BCUT2D eigenvalue weighted by molar-refractivity contribution is -0.141. The van der Waals surface area contributed by atoms with E-state index in [0.29, 0.717) is 21.6 Å².